The van der Waals surface area contributed by atoms with Crippen LogP contribution in [0.4, 0.5) is 0 Å². The van der Waals surface area contributed by atoms with E-state index in [1.807, 2.05) is 0 Å². The Balaban J connectivity index is 4.02. The van der Waals surface area contributed by atoms with Crippen molar-refractivity contribution >= 4 is 13.8 Å². The highest BCUT2D eigenvalue weighted by molar-refractivity contribution is 7.47. The van der Waals surface area contributed by atoms with Gasteiger partial charge in [-0.3, -0.25) is 13.8 Å². The third-order valence-electron chi connectivity index (χ3n) is 9.80. The Kier molecular flexibility index (Phi) is 45.9. The third kappa shape index (κ3) is 46.7. The van der Waals surface area contributed by atoms with Gasteiger partial charge in [-0.15, -0.1) is 0 Å². The van der Waals surface area contributed by atoms with Crippen LogP contribution in [-0.2, 0) is 27.9 Å². The van der Waals surface area contributed by atoms with Crippen molar-refractivity contribution in [1.29, 1.82) is 0 Å². The van der Waals surface area contributed by atoms with Crippen LogP contribution in [0.15, 0.2) is 85.1 Å². The summed E-state index contributed by atoms with van der Waals surface area (Å²) in [6.07, 6.45) is 61.8. The average molecular weight is 860 g/mol. The molecule has 0 amide bonds. The van der Waals surface area contributed by atoms with E-state index in [9.17, 15) is 14.3 Å². The Hall–Kier alpha value is -2.32. The molecule has 0 aliphatic rings. The molecule has 0 rings (SSSR count). The number of allylic oxidation sites excluding steroid dienone is 14. The highest BCUT2D eigenvalue weighted by atomic mass is 31.2. The van der Waals surface area contributed by atoms with Gasteiger partial charge in [-0.1, -0.05) is 182 Å². The van der Waals surface area contributed by atoms with Crippen molar-refractivity contribution in [1.82, 2.24) is 0 Å². The predicted molar refractivity (Wildman–Crippen MR) is 256 cm³/mol. The molecule has 0 aromatic heterocycles. The summed E-state index contributed by atoms with van der Waals surface area (Å²) in [6.45, 7) is 4.75. The van der Waals surface area contributed by atoms with E-state index >= 15 is 0 Å². The van der Waals surface area contributed by atoms with E-state index in [1.54, 1.807) is 0 Å². The standard InChI is InChI=1S/C51H90NO7P/c1-3-5-7-9-11-13-15-17-19-20-21-22-23-24-25-26-27-28-29-31-33-35-37-39-41-43-46-56-48-50(49-58-60(54,55)57-47-45-52)59-51(53)44-42-40-38-36-34-32-30-18-16-14-12-10-8-6-4-2/h5,7,11,13,17-19,21-22,24-25,27-28,30,50H,3-4,6,8-10,12,14-16,20,23,26,29,31-49,52H2,1-2H3,(H,54,55)/b7-5-,13-11-,19-17-,22-21-,25-24-,28-27-,30-18-. The maximum Gasteiger partial charge on any atom is 0.472 e. The topological polar surface area (TPSA) is 117 Å². The molecule has 2 unspecified atom stereocenters. The summed E-state index contributed by atoms with van der Waals surface area (Å²) >= 11 is 0. The first-order valence-electron chi connectivity index (χ1n) is 24.1. The molecule has 8 nitrogen and oxygen atoms in total. The predicted octanol–water partition coefficient (Wildman–Crippen LogP) is 14.9. The van der Waals surface area contributed by atoms with E-state index in [-0.39, 0.29) is 32.3 Å². The third-order valence-corrected chi connectivity index (χ3v) is 10.8. The van der Waals surface area contributed by atoms with Gasteiger partial charge in [-0.2, -0.15) is 0 Å². The molecule has 0 aliphatic carbocycles. The highest BCUT2D eigenvalue weighted by Crippen LogP contribution is 2.43. The van der Waals surface area contributed by atoms with E-state index in [2.05, 4.69) is 98.9 Å². The lowest BCUT2D eigenvalue weighted by Crippen LogP contribution is -2.28. The number of nitrogens with two attached hydrogens (primary N) is 1. The molecule has 0 heterocycles. The van der Waals surface area contributed by atoms with Crippen molar-refractivity contribution in [2.75, 3.05) is 33.0 Å². The van der Waals surface area contributed by atoms with Crippen LogP contribution < -0.4 is 5.73 Å². The first kappa shape index (κ1) is 57.7. The van der Waals surface area contributed by atoms with Crippen molar-refractivity contribution in [3.63, 3.8) is 0 Å². The second-order valence-electron chi connectivity index (χ2n) is 15.6. The number of phosphoric ester groups is 1. The summed E-state index contributed by atoms with van der Waals surface area (Å²) in [4.78, 5) is 22.5. The highest BCUT2D eigenvalue weighted by Gasteiger charge is 2.25. The molecule has 2 atom stereocenters. The van der Waals surface area contributed by atoms with Crippen molar-refractivity contribution < 1.29 is 32.8 Å². The van der Waals surface area contributed by atoms with Crippen LogP contribution in [0.5, 0.6) is 0 Å². The van der Waals surface area contributed by atoms with Crippen molar-refractivity contribution in [2.45, 2.75) is 200 Å². The SMILES string of the molecule is CC/C=C\C/C=C\C/C=C\C/C=C\C/C=C\C/C=C\CCCCCCCCCOCC(COP(=O)(O)OCCN)OC(=O)CCCCCCC/C=C\CCCCCCCC. The fourth-order valence-corrected chi connectivity index (χ4v) is 7.05. The number of rotatable bonds is 45. The molecule has 0 aromatic carbocycles. The maximum atomic E-state index is 12.6. The van der Waals surface area contributed by atoms with Gasteiger partial charge >= 0.3 is 13.8 Å². The minimum Gasteiger partial charge on any atom is -0.457 e. The number of unbranched alkanes of at least 4 members (excludes halogenated alkanes) is 18. The second-order valence-corrected chi connectivity index (χ2v) is 17.0. The van der Waals surface area contributed by atoms with E-state index in [4.69, 9.17) is 24.3 Å². The molecular weight excluding hydrogens is 770 g/mol. The number of carbonyl (C=O) groups excluding carboxylic acids is 1. The van der Waals surface area contributed by atoms with Crippen LogP contribution >= 0.6 is 7.82 Å². The van der Waals surface area contributed by atoms with E-state index in [0.29, 0.717) is 13.0 Å². The molecule has 3 N–H and O–H groups in total. The summed E-state index contributed by atoms with van der Waals surface area (Å²) in [5.41, 5.74) is 5.38. The summed E-state index contributed by atoms with van der Waals surface area (Å²) in [6, 6.07) is 0. The number of hydrogen-bond donors (Lipinski definition) is 2. The monoisotopic (exact) mass is 860 g/mol. The Labute approximate surface area is 368 Å². The summed E-state index contributed by atoms with van der Waals surface area (Å²) in [5.74, 6) is -0.346. The van der Waals surface area contributed by atoms with Crippen molar-refractivity contribution in [3.8, 4) is 0 Å². The van der Waals surface area contributed by atoms with Crippen LogP contribution in [0.3, 0.4) is 0 Å². The zero-order chi connectivity index (χ0) is 43.7. The molecule has 0 aliphatic heterocycles. The van der Waals surface area contributed by atoms with Gasteiger partial charge in [0, 0.05) is 19.6 Å². The Morgan fingerprint density at radius 2 is 0.933 bits per heavy atom. The molecule has 0 saturated carbocycles. The molecule has 0 fully saturated rings. The number of esters is 1. The van der Waals surface area contributed by atoms with Crippen molar-refractivity contribution in [2.24, 2.45) is 5.73 Å². The number of ether oxygens (including phenoxy) is 2. The van der Waals surface area contributed by atoms with E-state index in [0.717, 1.165) is 96.3 Å². The maximum absolute atomic E-state index is 12.6. The van der Waals surface area contributed by atoms with Crippen LogP contribution in [0.1, 0.15) is 194 Å². The van der Waals surface area contributed by atoms with E-state index < -0.39 is 13.9 Å². The number of phosphoric acid groups is 1. The molecule has 60 heavy (non-hydrogen) atoms. The van der Waals surface area contributed by atoms with Gasteiger partial charge in [0.1, 0.15) is 6.10 Å². The van der Waals surface area contributed by atoms with Gasteiger partial charge in [-0.05, 0) is 89.9 Å². The quantitative estimate of drug-likeness (QED) is 0.0269. The lowest BCUT2D eigenvalue weighted by molar-refractivity contribution is -0.154. The van der Waals surface area contributed by atoms with Crippen LogP contribution in [0.2, 0.25) is 0 Å². The van der Waals surface area contributed by atoms with Gasteiger partial charge < -0.3 is 20.1 Å². The molecular formula is C51H90NO7P. The smallest absolute Gasteiger partial charge is 0.457 e. The fourth-order valence-electron chi connectivity index (χ4n) is 6.29. The minimum absolute atomic E-state index is 0.0930. The summed E-state index contributed by atoms with van der Waals surface area (Å²) in [7, 11) is -4.29. The molecule has 0 saturated heterocycles. The normalized spacial score (nSPS) is 14.1. The Morgan fingerprint density at radius 3 is 1.42 bits per heavy atom. The summed E-state index contributed by atoms with van der Waals surface area (Å²) < 4.78 is 33.5. The fraction of sp³-hybridized carbons (Fsp3) is 0.706. The lowest BCUT2D eigenvalue weighted by Gasteiger charge is -2.20. The molecule has 346 valence electrons. The van der Waals surface area contributed by atoms with Crippen molar-refractivity contribution in [3.05, 3.63) is 85.1 Å². The lowest BCUT2D eigenvalue weighted by atomic mass is 10.1. The average Bonchev–Trinajstić information content (AvgIpc) is 3.24. The first-order chi connectivity index (χ1) is 29.4. The van der Waals surface area contributed by atoms with E-state index in [1.165, 1.54) is 77.0 Å². The summed E-state index contributed by atoms with van der Waals surface area (Å²) in [5, 5.41) is 0. The molecule has 9 heteroatoms. The van der Waals surface area contributed by atoms with Gasteiger partial charge in [0.25, 0.3) is 0 Å². The zero-order valence-electron chi connectivity index (χ0n) is 38.4. The Bertz CT molecular complexity index is 1190. The second kappa shape index (κ2) is 47.7. The van der Waals surface area contributed by atoms with Crippen LogP contribution in [0.25, 0.3) is 0 Å². The Morgan fingerprint density at radius 1 is 0.517 bits per heavy atom. The molecule has 0 bridgehead atoms. The minimum atomic E-state index is -4.29. The van der Waals surface area contributed by atoms with Gasteiger partial charge in [0.05, 0.1) is 19.8 Å². The molecule has 0 spiro atoms. The number of carbonyl (C=O) groups is 1. The van der Waals surface area contributed by atoms with Crippen LogP contribution in [0, 0.1) is 0 Å². The van der Waals surface area contributed by atoms with Crippen LogP contribution in [-0.4, -0.2) is 49.9 Å². The largest absolute Gasteiger partial charge is 0.472 e. The zero-order valence-corrected chi connectivity index (χ0v) is 39.3. The first-order valence-corrected chi connectivity index (χ1v) is 25.6. The van der Waals surface area contributed by atoms with Gasteiger partial charge in [0.2, 0.25) is 0 Å². The molecule has 0 radical (unpaired) electrons. The van der Waals surface area contributed by atoms with Gasteiger partial charge in [-0.25, -0.2) is 4.57 Å². The molecule has 0 aromatic rings. The van der Waals surface area contributed by atoms with Gasteiger partial charge in [0.15, 0.2) is 0 Å². The number of hydrogen-bond acceptors (Lipinski definition) is 7.